The van der Waals surface area contributed by atoms with Crippen molar-refractivity contribution < 1.29 is 18.3 Å². The number of nitrogens with two attached hydrogens (primary N) is 1. The molecule has 0 radical (unpaired) electrons. The second-order valence-corrected chi connectivity index (χ2v) is 6.38. The summed E-state index contributed by atoms with van der Waals surface area (Å²) in [4.78, 5) is 0.000833. The van der Waals surface area contributed by atoms with Crippen LogP contribution in [0.1, 0.15) is 12.5 Å². The van der Waals surface area contributed by atoms with E-state index in [0.717, 1.165) is 9.87 Å². The van der Waals surface area contributed by atoms with Gasteiger partial charge in [-0.1, -0.05) is 0 Å². The molecule has 0 amide bonds. The maximum absolute atomic E-state index is 12.5. The molecule has 0 heterocycles. The van der Waals surface area contributed by atoms with Crippen LogP contribution in [-0.4, -0.2) is 44.6 Å². The summed E-state index contributed by atoms with van der Waals surface area (Å²) in [6.45, 7) is 3.12. The van der Waals surface area contributed by atoms with Crippen LogP contribution in [0.3, 0.4) is 0 Å². The number of sulfonamides is 1. The third-order valence-corrected chi connectivity index (χ3v) is 5.09. The number of aliphatic hydroxyl groups excluding tert-OH is 1. The van der Waals surface area contributed by atoms with Gasteiger partial charge in [0.1, 0.15) is 10.6 Å². The van der Waals surface area contributed by atoms with Crippen molar-refractivity contribution in [2.24, 2.45) is 0 Å². The fourth-order valence-electron chi connectivity index (χ4n) is 1.55. The normalized spacial score (nSPS) is 13.6. The first kappa shape index (κ1) is 15.7. The lowest BCUT2D eigenvalue weighted by Gasteiger charge is -2.24. The highest BCUT2D eigenvalue weighted by Gasteiger charge is 2.28. The van der Waals surface area contributed by atoms with Crippen LogP contribution in [0.25, 0.3) is 0 Å². The summed E-state index contributed by atoms with van der Waals surface area (Å²) in [6.07, 6.45) is 0. The Morgan fingerprint density at radius 3 is 2.53 bits per heavy atom. The summed E-state index contributed by atoms with van der Waals surface area (Å²) in [5.74, 6) is 0.240. The molecule has 0 saturated heterocycles. The SMILES string of the molecule is COc1cc(C)c(N)cc1S(=O)(=O)N(C)C(C)CO. The molecule has 0 aromatic heterocycles. The molecule has 1 rings (SSSR count). The minimum atomic E-state index is -3.76. The van der Waals surface area contributed by atoms with E-state index in [9.17, 15) is 8.42 Å². The van der Waals surface area contributed by atoms with E-state index >= 15 is 0 Å². The topological polar surface area (TPSA) is 92.9 Å². The van der Waals surface area contributed by atoms with Crippen LogP contribution >= 0.6 is 0 Å². The van der Waals surface area contributed by atoms with Gasteiger partial charge in [0, 0.05) is 18.8 Å². The monoisotopic (exact) mass is 288 g/mol. The maximum atomic E-state index is 12.5. The van der Waals surface area contributed by atoms with Gasteiger partial charge in [0.15, 0.2) is 0 Å². The van der Waals surface area contributed by atoms with E-state index in [1.165, 1.54) is 20.2 Å². The van der Waals surface area contributed by atoms with Crippen LogP contribution in [-0.2, 0) is 10.0 Å². The molecule has 1 aromatic rings. The fraction of sp³-hybridized carbons (Fsp3) is 0.500. The number of hydrogen-bond donors (Lipinski definition) is 2. The van der Waals surface area contributed by atoms with Gasteiger partial charge in [0.2, 0.25) is 10.0 Å². The van der Waals surface area contributed by atoms with Crippen LogP contribution in [0.4, 0.5) is 5.69 Å². The number of benzene rings is 1. The first-order valence-corrected chi connectivity index (χ1v) is 7.22. The average molecular weight is 288 g/mol. The molecular weight excluding hydrogens is 268 g/mol. The van der Waals surface area contributed by atoms with Crippen molar-refractivity contribution in [1.82, 2.24) is 4.31 Å². The first-order chi connectivity index (χ1) is 8.75. The van der Waals surface area contributed by atoms with E-state index in [0.29, 0.717) is 5.69 Å². The highest BCUT2D eigenvalue weighted by Crippen LogP contribution is 2.31. The van der Waals surface area contributed by atoms with Crippen molar-refractivity contribution in [2.45, 2.75) is 24.8 Å². The standard InChI is InChI=1S/C12H20N2O4S/c1-8-5-11(18-4)12(6-10(8)13)19(16,17)14(3)9(2)7-15/h5-6,9,15H,7,13H2,1-4H3. The number of methoxy groups -OCH3 is 1. The number of aryl methyl sites for hydroxylation is 1. The lowest BCUT2D eigenvalue weighted by molar-refractivity contribution is 0.213. The molecule has 0 spiro atoms. The Morgan fingerprint density at radius 1 is 1.47 bits per heavy atom. The summed E-state index contributed by atoms with van der Waals surface area (Å²) >= 11 is 0. The summed E-state index contributed by atoms with van der Waals surface area (Å²) in [6, 6.07) is 2.43. The van der Waals surface area contributed by atoms with Crippen LogP contribution in [0.2, 0.25) is 0 Å². The quantitative estimate of drug-likeness (QED) is 0.773. The van der Waals surface area contributed by atoms with Crippen molar-refractivity contribution in [3.05, 3.63) is 17.7 Å². The van der Waals surface area contributed by atoms with Crippen molar-refractivity contribution >= 4 is 15.7 Å². The first-order valence-electron chi connectivity index (χ1n) is 5.78. The minimum Gasteiger partial charge on any atom is -0.495 e. The van der Waals surface area contributed by atoms with Gasteiger partial charge >= 0.3 is 0 Å². The third-order valence-electron chi connectivity index (χ3n) is 3.09. The summed E-state index contributed by atoms with van der Waals surface area (Å²) in [7, 11) is -0.953. The number of hydrogen-bond acceptors (Lipinski definition) is 5. The van der Waals surface area contributed by atoms with E-state index < -0.39 is 16.1 Å². The lowest BCUT2D eigenvalue weighted by Crippen LogP contribution is -2.37. The summed E-state index contributed by atoms with van der Waals surface area (Å²) in [5, 5.41) is 9.08. The van der Waals surface area contributed by atoms with Gasteiger partial charge in [0.05, 0.1) is 13.7 Å². The Labute approximate surface area is 113 Å². The highest BCUT2D eigenvalue weighted by atomic mass is 32.2. The summed E-state index contributed by atoms with van der Waals surface area (Å²) < 4.78 is 31.1. The highest BCUT2D eigenvalue weighted by molar-refractivity contribution is 7.89. The van der Waals surface area contributed by atoms with E-state index in [1.807, 2.05) is 0 Å². The number of nitrogens with zero attached hydrogens (tertiary/aromatic N) is 1. The fourth-order valence-corrected chi connectivity index (χ4v) is 3.07. The van der Waals surface area contributed by atoms with Crippen molar-refractivity contribution in [1.29, 1.82) is 0 Å². The molecule has 1 unspecified atom stereocenters. The van der Waals surface area contributed by atoms with Crippen molar-refractivity contribution in [3.63, 3.8) is 0 Å². The van der Waals surface area contributed by atoms with Crippen molar-refractivity contribution in [3.8, 4) is 5.75 Å². The molecule has 7 heteroatoms. The Kier molecular flexibility index (Phi) is 4.78. The van der Waals surface area contributed by atoms with Crippen molar-refractivity contribution in [2.75, 3.05) is 26.5 Å². The van der Waals surface area contributed by atoms with Gasteiger partial charge in [-0.3, -0.25) is 0 Å². The second kappa shape index (κ2) is 5.77. The number of rotatable bonds is 5. The summed E-state index contributed by atoms with van der Waals surface area (Å²) in [5.41, 5.74) is 6.88. The molecule has 108 valence electrons. The molecule has 1 aromatic carbocycles. The van der Waals surface area contributed by atoms with E-state index in [-0.39, 0.29) is 17.3 Å². The Bertz CT molecular complexity index is 557. The molecule has 0 aliphatic carbocycles. The predicted molar refractivity (Wildman–Crippen MR) is 73.6 cm³/mol. The Balaban J connectivity index is 3.40. The average Bonchev–Trinajstić information content (AvgIpc) is 2.39. The molecule has 0 saturated carbocycles. The number of nitrogen functional groups attached to an aromatic ring is 1. The number of likely N-dealkylation sites (N-methyl/N-ethyl adjacent to an activating group) is 1. The predicted octanol–water partition coefficient (Wildman–Crippen LogP) is 0.587. The van der Waals surface area contributed by atoms with Gasteiger partial charge in [0.25, 0.3) is 0 Å². The zero-order valence-corrected chi connectivity index (χ0v) is 12.4. The molecule has 0 aliphatic rings. The zero-order chi connectivity index (χ0) is 14.8. The van der Waals surface area contributed by atoms with E-state index in [4.69, 9.17) is 15.6 Å². The van der Waals surface area contributed by atoms with Gasteiger partial charge in [-0.15, -0.1) is 0 Å². The number of ether oxygens (including phenoxy) is 1. The largest absolute Gasteiger partial charge is 0.495 e. The van der Waals surface area contributed by atoms with Crippen LogP contribution in [0.15, 0.2) is 17.0 Å². The second-order valence-electron chi connectivity index (χ2n) is 4.41. The molecule has 3 N–H and O–H groups in total. The molecular formula is C12H20N2O4S. The van der Waals surface area contributed by atoms with Gasteiger partial charge in [-0.25, -0.2) is 8.42 Å². The van der Waals surface area contributed by atoms with Gasteiger partial charge in [-0.05, 0) is 31.5 Å². The van der Waals surface area contributed by atoms with Crippen LogP contribution in [0, 0.1) is 6.92 Å². The van der Waals surface area contributed by atoms with E-state index in [2.05, 4.69) is 0 Å². The maximum Gasteiger partial charge on any atom is 0.246 e. The van der Waals surface area contributed by atoms with Crippen LogP contribution in [0.5, 0.6) is 5.75 Å². The zero-order valence-electron chi connectivity index (χ0n) is 11.5. The Morgan fingerprint density at radius 2 is 2.05 bits per heavy atom. The minimum absolute atomic E-state index is 0.000833. The smallest absolute Gasteiger partial charge is 0.246 e. The number of aliphatic hydroxyl groups is 1. The lowest BCUT2D eigenvalue weighted by atomic mass is 10.2. The molecule has 0 aliphatic heterocycles. The number of anilines is 1. The Hall–Kier alpha value is -1.31. The van der Waals surface area contributed by atoms with Gasteiger partial charge in [-0.2, -0.15) is 4.31 Å². The molecule has 0 bridgehead atoms. The van der Waals surface area contributed by atoms with Gasteiger partial charge < -0.3 is 15.6 Å². The molecule has 19 heavy (non-hydrogen) atoms. The van der Waals surface area contributed by atoms with Crippen LogP contribution < -0.4 is 10.5 Å². The third kappa shape index (κ3) is 2.99. The van der Waals surface area contributed by atoms with E-state index in [1.54, 1.807) is 19.9 Å². The molecule has 0 fully saturated rings. The molecule has 6 nitrogen and oxygen atoms in total. The molecule has 1 atom stereocenters.